The van der Waals surface area contributed by atoms with Gasteiger partial charge in [0.2, 0.25) is 0 Å². The lowest BCUT2D eigenvalue weighted by Crippen LogP contribution is -2.30. The van der Waals surface area contributed by atoms with Crippen LogP contribution in [0.25, 0.3) is 0 Å². The van der Waals surface area contributed by atoms with E-state index in [0.717, 1.165) is 115 Å². The van der Waals surface area contributed by atoms with Crippen molar-refractivity contribution in [2.75, 3.05) is 39.6 Å². The number of phosphoric acid groups is 2. The van der Waals surface area contributed by atoms with E-state index >= 15 is 0 Å². The molecule has 0 aliphatic carbocycles. The van der Waals surface area contributed by atoms with E-state index in [-0.39, 0.29) is 25.7 Å². The summed E-state index contributed by atoms with van der Waals surface area (Å²) in [5.74, 6) is -0.483. The van der Waals surface area contributed by atoms with Gasteiger partial charge in [0.1, 0.15) is 19.3 Å². The second kappa shape index (κ2) is 66.9. The van der Waals surface area contributed by atoms with E-state index in [4.69, 9.17) is 37.0 Å². The summed E-state index contributed by atoms with van der Waals surface area (Å²) in [6.45, 7) is 9.63. The van der Waals surface area contributed by atoms with Crippen molar-refractivity contribution in [3.8, 4) is 0 Å². The molecule has 17 nitrogen and oxygen atoms in total. The summed E-state index contributed by atoms with van der Waals surface area (Å²) < 4.78 is 68.4. The van der Waals surface area contributed by atoms with Gasteiger partial charge in [-0.3, -0.25) is 37.3 Å². The Hall–Kier alpha value is -1.94. The van der Waals surface area contributed by atoms with E-state index in [2.05, 4.69) is 41.5 Å². The second-order valence-electron chi connectivity index (χ2n) is 27.8. The summed E-state index contributed by atoms with van der Waals surface area (Å²) in [4.78, 5) is 72.6. The van der Waals surface area contributed by atoms with Crippen LogP contribution in [0.1, 0.15) is 388 Å². The van der Waals surface area contributed by atoms with Gasteiger partial charge in [-0.1, -0.05) is 337 Å². The predicted molar refractivity (Wildman–Crippen MR) is 381 cm³/mol. The first kappa shape index (κ1) is 92.1. The molecule has 0 spiro atoms. The Morgan fingerprint density at radius 1 is 0.309 bits per heavy atom. The number of carbonyl (C=O) groups excluding carboxylic acids is 4. The zero-order chi connectivity index (χ0) is 69.3. The number of phosphoric ester groups is 2. The molecule has 0 aliphatic rings. The van der Waals surface area contributed by atoms with Gasteiger partial charge in [-0.2, -0.15) is 0 Å². The quantitative estimate of drug-likeness (QED) is 0.0222. The van der Waals surface area contributed by atoms with Crippen LogP contribution in [-0.4, -0.2) is 96.7 Å². The highest BCUT2D eigenvalue weighted by Crippen LogP contribution is 2.45. The molecule has 0 saturated carbocycles. The van der Waals surface area contributed by atoms with Crippen molar-refractivity contribution in [2.45, 2.75) is 407 Å². The molecule has 0 aliphatic heterocycles. The maximum absolute atomic E-state index is 13.1. The lowest BCUT2D eigenvalue weighted by atomic mass is 9.99. The zero-order valence-corrected chi connectivity index (χ0v) is 63.1. The Morgan fingerprint density at radius 2 is 0.543 bits per heavy atom. The highest BCUT2D eigenvalue weighted by Gasteiger charge is 2.30. The SMILES string of the molecule is CCCCCCCCCCCCCCCC(=O)O[C@H](COC(=O)CCCCCCCCC)COP(=O)(O)OC[C@H](O)COP(=O)(O)OC[C@@H](COC(=O)CCCCCCCCCCCCCCCC(C)C)OC(=O)CCCCCCCCCCCCCCCCC(C)CC. The van der Waals surface area contributed by atoms with Gasteiger partial charge < -0.3 is 33.8 Å². The summed E-state index contributed by atoms with van der Waals surface area (Å²) in [5.41, 5.74) is 0. The summed E-state index contributed by atoms with van der Waals surface area (Å²) in [5, 5.41) is 10.6. The van der Waals surface area contributed by atoms with Crippen LogP contribution in [0.15, 0.2) is 0 Å². The highest BCUT2D eigenvalue weighted by molar-refractivity contribution is 7.47. The highest BCUT2D eigenvalue weighted by atomic mass is 31.2. The van der Waals surface area contributed by atoms with Gasteiger partial charge in [0, 0.05) is 25.7 Å². The summed E-state index contributed by atoms with van der Waals surface area (Å²) in [7, 11) is -9.90. The third-order valence-corrected chi connectivity index (χ3v) is 19.7. The monoisotopic (exact) mass is 1380 g/mol. The Morgan fingerprint density at radius 3 is 0.809 bits per heavy atom. The van der Waals surface area contributed by atoms with Crippen molar-refractivity contribution in [3.05, 3.63) is 0 Å². The van der Waals surface area contributed by atoms with Crippen LogP contribution in [-0.2, 0) is 65.4 Å². The van der Waals surface area contributed by atoms with Crippen LogP contribution in [0.2, 0.25) is 0 Å². The fourth-order valence-corrected chi connectivity index (χ4v) is 13.0. The molecule has 0 radical (unpaired) electrons. The first-order valence-electron chi connectivity index (χ1n) is 39.0. The normalized spacial score (nSPS) is 14.3. The maximum Gasteiger partial charge on any atom is 0.472 e. The minimum Gasteiger partial charge on any atom is -0.462 e. The molecular weight excluding hydrogens is 1230 g/mol. The average molecular weight is 1380 g/mol. The molecule has 19 heteroatoms. The van der Waals surface area contributed by atoms with Crippen LogP contribution in [0.5, 0.6) is 0 Å². The molecule has 0 heterocycles. The van der Waals surface area contributed by atoms with E-state index in [1.54, 1.807) is 0 Å². The fourth-order valence-electron chi connectivity index (χ4n) is 11.4. The van der Waals surface area contributed by atoms with E-state index in [9.17, 15) is 43.2 Å². The number of esters is 4. The van der Waals surface area contributed by atoms with Crippen molar-refractivity contribution in [1.82, 2.24) is 0 Å². The van der Waals surface area contributed by atoms with E-state index < -0.39 is 97.5 Å². The summed E-state index contributed by atoms with van der Waals surface area (Å²) in [6.07, 6.45) is 54.1. The van der Waals surface area contributed by atoms with E-state index in [1.165, 1.54) is 193 Å². The van der Waals surface area contributed by atoms with Crippen molar-refractivity contribution in [1.29, 1.82) is 0 Å². The smallest absolute Gasteiger partial charge is 0.462 e. The van der Waals surface area contributed by atoms with Gasteiger partial charge in [-0.25, -0.2) is 9.13 Å². The van der Waals surface area contributed by atoms with Crippen molar-refractivity contribution >= 4 is 39.5 Å². The number of hydrogen-bond donors (Lipinski definition) is 3. The molecule has 0 rings (SSSR count). The molecule has 0 fully saturated rings. The van der Waals surface area contributed by atoms with Crippen molar-refractivity contribution < 1.29 is 80.2 Å². The Labute approximate surface area is 575 Å². The molecule has 0 aromatic rings. The van der Waals surface area contributed by atoms with Gasteiger partial charge in [0.25, 0.3) is 0 Å². The predicted octanol–water partition coefficient (Wildman–Crippen LogP) is 21.9. The van der Waals surface area contributed by atoms with E-state index in [0.29, 0.717) is 25.7 Å². The maximum atomic E-state index is 13.1. The molecule has 6 atom stereocenters. The van der Waals surface area contributed by atoms with Crippen molar-refractivity contribution in [3.63, 3.8) is 0 Å². The van der Waals surface area contributed by atoms with Gasteiger partial charge in [-0.05, 0) is 37.5 Å². The number of ether oxygens (including phenoxy) is 4. The number of unbranched alkanes of at least 4 members (excludes halogenated alkanes) is 43. The number of rotatable bonds is 74. The molecule has 0 aromatic heterocycles. The minimum atomic E-state index is -4.96. The molecule has 558 valence electrons. The lowest BCUT2D eigenvalue weighted by molar-refractivity contribution is -0.161. The van der Waals surface area contributed by atoms with Crippen molar-refractivity contribution in [2.24, 2.45) is 11.8 Å². The molecule has 0 saturated heterocycles. The molecule has 0 aromatic carbocycles. The summed E-state index contributed by atoms with van der Waals surface area (Å²) in [6, 6.07) is 0. The third kappa shape index (κ3) is 67.3. The second-order valence-corrected chi connectivity index (χ2v) is 30.7. The molecule has 94 heavy (non-hydrogen) atoms. The van der Waals surface area contributed by atoms with Crippen LogP contribution >= 0.6 is 15.6 Å². The molecule has 3 unspecified atom stereocenters. The fraction of sp³-hybridized carbons (Fsp3) is 0.947. The Bertz CT molecular complexity index is 1820. The van der Waals surface area contributed by atoms with Gasteiger partial charge in [0.15, 0.2) is 12.2 Å². The van der Waals surface area contributed by atoms with Crippen LogP contribution < -0.4 is 0 Å². The third-order valence-electron chi connectivity index (χ3n) is 17.8. The average Bonchev–Trinajstić information content (AvgIpc) is 3.43. The number of hydrogen-bond acceptors (Lipinski definition) is 15. The number of carbonyl (C=O) groups is 4. The van der Waals surface area contributed by atoms with Gasteiger partial charge >= 0.3 is 39.5 Å². The topological polar surface area (TPSA) is 237 Å². The first-order valence-corrected chi connectivity index (χ1v) is 42.0. The van der Waals surface area contributed by atoms with Gasteiger partial charge in [0.05, 0.1) is 26.4 Å². The van der Waals surface area contributed by atoms with Crippen LogP contribution in [0.3, 0.4) is 0 Å². The lowest BCUT2D eigenvalue weighted by Gasteiger charge is -2.21. The standard InChI is InChI=1S/C75H146O17P2/c1-7-10-12-14-16-17-18-22-30-35-41-47-53-59-74(79)91-70(63-85-72(77)57-51-45-37-15-13-11-8-2)65-89-93(81,82)87-61-69(76)62-88-94(83,84)90-66-71(64-86-73(78)58-52-46-40-34-29-26-21-23-27-32-38-43-49-55-67(4)5)92-75(80)60-54-48-42-36-31-25-20-19-24-28-33-39-44-50-56-68(6)9-3/h67-71,76H,7-66H2,1-6H3,(H,81,82)(H,83,84)/t68?,69-,70+,71+/m0/s1. The largest absolute Gasteiger partial charge is 0.472 e. The minimum absolute atomic E-state index is 0.107. The first-order chi connectivity index (χ1) is 45.4. The molecule has 0 bridgehead atoms. The van der Waals surface area contributed by atoms with Gasteiger partial charge in [-0.15, -0.1) is 0 Å². The van der Waals surface area contributed by atoms with E-state index in [1.807, 2.05) is 0 Å². The number of aliphatic hydroxyl groups excluding tert-OH is 1. The summed E-state index contributed by atoms with van der Waals surface area (Å²) >= 11 is 0. The Kier molecular flexibility index (Phi) is 65.5. The molecule has 0 amide bonds. The molecular formula is C75H146O17P2. The Balaban J connectivity index is 5.20. The molecule has 3 N–H and O–H groups in total. The van der Waals surface area contributed by atoms with Crippen LogP contribution in [0, 0.1) is 11.8 Å². The number of aliphatic hydroxyl groups is 1. The van der Waals surface area contributed by atoms with Crippen LogP contribution in [0.4, 0.5) is 0 Å². The zero-order valence-electron chi connectivity index (χ0n) is 61.3.